The normalized spacial score (nSPS) is 9.83. The van der Waals surface area contributed by atoms with Crippen molar-refractivity contribution in [3.63, 3.8) is 0 Å². The second-order valence-electron chi connectivity index (χ2n) is 1.93. The average Bonchev–Trinajstić information content (AvgIpc) is 1.99. The van der Waals surface area contributed by atoms with E-state index in [0.29, 0.717) is 7.27 Å². The number of aromatic hydroxyl groups is 1. The van der Waals surface area contributed by atoms with Gasteiger partial charge in [-0.05, 0) is 51.2 Å². The first-order valence-electron chi connectivity index (χ1n) is 2.80. The Morgan fingerprint density at radius 1 is 1.50 bits per heavy atom. The molecule has 4 nitrogen and oxygen atoms in total. The Balaban J connectivity index is 3.31. The minimum atomic E-state index is -1.09. The number of aromatic carboxylic acids is 1. The van der Waals surface area contributed by atoms with Crippen LogP contribution in [0.5, 0.6) is 5.75 Å². The quantitative estimate of drug-likeness (QED) is 0.565. The molecule has 0 saturated carbocycles. The Bertz CT molecular complexity index is 317. The number of halogens is 2. The number of pyridine rings is 1. The third-order valence-electron chi connectivity index (χ3n) is 1.12. The number of carbonyl (C=O) groups is 1. The van der Waals surface area contributed by atoms with Crippen LogP contribution in [0.4, 0.5) is 0 Å². The van der Waals surface area contributed by atoms with Crippen LogP contribution in [-0.2, 0) is 0 Å². The van der Waals surface area contributed by atoms with Crippen LogP contribution in [-0.4, -0.2) is 21.2 Å². The lowest BCUT2D eigenvalue weighted by atomic mass is 10.3. The molecule has 0 aliphatic heterocycles. The zero-order valence-corrected chi connectivity index (χ0v) is 9.90. The third-order valence-corrected chi connectivity index (χ3v) is 2.70. The number of aromatic nitrogens is 1. The van der Waals surface area contributed by atoms with Crippen LogP contribution in [0.25, 0.3) is 0 Å². The van der Waals surface area contributed by atoms with Gasteiger partial charge in [0.2, 0.25) is 0 Å². The number of hydrogen-bond acceptors (Lipinski definition) is 3. The van der Waals surface area contributed by atoms with Gasteiger partial charge in [-0.25, -0.2) is 9.78 Å². The van der Waals surface area contributed by atoms with Gasteiger partial charge in [0.1, 0.15) is 3.70 Å². The van der Waals surface area contributed by atoms with Gasteiger partial charge in [0, 0.05) is 0 Å². The molecular formula is C6H3I2NO3. The molecule has 0 unspecified atom stereocenters. The molecule has 1 heterocycles. The van der Waals surface area contributed by atoms with E-state index in [2.05, 4.69) is 4.98 Å². The molecule has 0 saturated heterocycles. The minimum absolute atomic E-state index is 0.0289. The van der Waals surface area contributed by atoms with E-state index in [1.165, 1.54) is 6.07 Å². The molecule has 0 bridgehead atoms. The highest BCUT2D eigenvalue weighted by molar-refractivity contribution is 14.1. The van der Waals surface area contributed by atoms with E-state index in [0.717, 1.165) is 0 Å². The fourth-order valence-electron chi connectivity index (χ4n) is 0.587. The Morgan fingerprint density at radius 2 is 2.08 bits per heavy atom. The van der Waals surface area contributed by atoms with E-state index in [4.69, 9.17) is 5.11 Å². The first kappa shape index (κ1) is 9.96. The van der Waals surface area contributed by atoms with Gasteiger partial charge in [-0.3, -0.25) is 0 Å². The van der Waals surface area contributed by atoms with Crippen LogP contribution in [0.15, 0.2) is 6.07 Å². The molecule has 0 spiro atoms. The predicted molar refractivity (Wildman–Crippen MR) is 58.3 cm³/mol. The molecule has 2 N–H and O–H groups in total. The molecule has 0 atom stereocenters. The van der Waals surface area contributed by atoms with Gasteiger partial charge in [-0.2, -0.15) is 0 Å². The standard InChI is InChI=1S/C6H3I2NO3/c7-2-1-3(6(11)12)9-5(8)4(2)10/h1,10H,(H,11,12). The maximum atomic E-state index is 10.5. The molecule has 0 radical (unpaired) electrons. The highest BCUT2D eigenvalue weighted by Gasteiger charge is 2.11. The SMILES string of the molecule is O=C(O)c1cc(I)c(O)c(I)n1. The van der Waals surface area contributed by atoms with Gasteiger partial charge in [0.15, 0.2) is 11.4 Å². The van der Waals surface area contributed by atoms with Crippen molar-refractivity contribution in [1.82, 2.24) is 4.98 Å². The van der Waals surface area contributed by atoms with Crippen molar-refractivity contribution >= 4 is 51.2 Å². The van der Waals surface area contributed by atoms with E-state index in [1.807, 2.05) is 22.6 Å². The van der Waals surface area contributed by atoms with E-state index < -0.39 is 5.97 Å². The number of carboxylic acid groups (broad SMARTS) is 1. The molecule has 0 fully saturated rings. The van der Waals surface area contributed by atoms with Crippen molar-refractivity contribution in [3.05, 3.63) is 19.0 Å². The topological polar surface area (TPSA) is 70.4 Å². The largest absolute Gasteiger partial charge is 0.504 e. The molecule has 64 valence electrons. The Hall–Kier alpha value is -0.120. The first-order valence-corrected chi connectivity index (χ1v) is 4.96. The second-order valence-corrected chi connectivity index (χ2v) is 4.12. The summed E-state index contributed by atoms with van der Waals surface area (Å²) in [6, 6.07) is 1.32. The smallest absolute Gasteiger partial charge is 0.354 e. The third kappa shape index (κ3) is 1.97. The lowest BCUT2D eigenvalue weighted by molar-refractivity contribution is 0.0690. The summed E-state index contributed by atoms with van der Waals surface area (Å²) in [6.07, 6.45) is 0. The molecule has 0 amide bonds. The number of nitrogens with zero attached hydrogens (tertiary/aromatic N) is 1. The summed E-state index contributed by atoms with van der Waals surface area (Å²) in [4.78, 5) is 14.1. The van der Waals surface area contributed by atoms with Gasteiger partial charge in [-0.1, -0.05) is 0 Å². The lowest BCUT2D eigenvalue weighted by Crippen LogP contribution is -2.02. The van der Waals surface area contributed by atoms with E-state index in [9.17, 15) is 9.90 Å². The summed E-state index contributed by atoms with van der Waals surface area (Å²) in [5.74, 6) is -1.06. The summed E-state index contributed by atoms with van der Waals surface area (Å²) in [5, 5.41) is 17.8. The van der Waals surface area contributed by atoms with E-state index in [1.54, 1.807) is 22.6 Å². The molecule has 1 rings (SSSR count). The molecule has 12 heavy (non-hydrogen) atoms. The minimum Gasteiger partial charge on any atom is -0.504 e. The summed E-state index contributed by atoms with van der Waals surface area (Å²) in [5.41, 5.74) is -0.0541. The zero-order valence-electron chi connectivity index (χ0n) is 5.58. The van der Waals surface area contributed by atoms with Gasteiger partial charge in [0.05, 0.1) is 3.57 Å². The Labute approximate surface area is 95.3 Å². The average molecular weight is 391 g/mol. The van der Waals surface area contributed by atoms with Crippen LogP contribution < -0.4 is 0 Å². The lowest BCUT2D eigenvalue weighted by Gasteiger charge is -2.00. The van der Waals surface area contributed by atoms with Crippen LogP contribution in [0.2, 0.25) is 0 Å². The molecule has 1 aromatic heterocycles. The van der Waals surface area contributed by atoms with Crippen LogP contribution in [0, 0.1) is 7.27 Å². The maximum absolute atomic E-state index is 10.5. The van der Waals surface area contributed by atoms with Crippen molar-refractivity contribution in [3.8, 4) is 5.75 Å². The first-order chi connectivity index (χ1) is 5.52. The van der Waals surface area contributed by atoms with Gasteiger partial charge in [0.25, 0.3) is 0 Å². The fourth-order valence-corrected chi connectivity index (χ4v) is 2.20. The highest BCUT2D eigenvalue weighted by atomic mass is 127. The summed E-state index contributed by atoms with van der Waals surface area (Å²) < 4.78 is 0.793. The molecular weight excluding hydrogens is 388 g/mol. The number of hydrogen-bond donors (Lipinski definition) is 2. The summed E-state index contributed by atoms with van der Waals surface area (Å²) in [6.45, 7) is 0. The molecule has 1 aromatic rings. The highest BCUT2D eigenvalue weighted by Crippen LogP contribution is 2.24. The molecule has 0 aliphatic carbocycles. The predicted octanol–water partition coefficient (Wildman–Crippen LogP) is 1.69. The Kier molecular flexibility index (Phi) is 3.09. The number of carboxylic acids is 1. The fraction of sp³-hybridized carbons (Fsp3) is 0. The summed E-state index contributed by atoms with van der Waals surface area (Å²) >= 11 is 3.63. The van der Waals surface area contributed by atoms with E-state index in [-0.39, 0.29) is 11.4 Å². The maximum Gasteiger partial charge on any atom is 0.354 e. The van der Waals surface area contributed by atoms with Crippen molar-refractivity contribution in [1.29, 1.82) is 0 Å². The van der Waals surface area contributed by atoms with E-state index >= 15 is 0 Å². The number of rotatable bonds is 1. The molecule has 0 aromatic carbocycles. The van der Waals surface area contributed by atoms with Crippen molar-refractivity contribution < 1.29 is 15.0 Å². The van der Waals surface area contributed by atoms with Crippen LogP contribution in [0.3, 0.4) is 0 Å². The monoisotopic (exact) mass is 391 g/mol. The van der Waals surface area contributed by atoms with Gasteiger partial charge in [-0.15, -0.1) is 0 Å². The summed E-state index contributed by atoms with van der Waals surface area (Å²) in [7, 11) is 0. The zero-order chi connectivity index (χ0) is 9.30. The van der Waals surface area contributed by atoms with Crippen molar-refractivity contribution in [2.24, 2.45) is 0 Å². The van der Waals surface area contributed by atoms with Gasteiger partial charge < -0.3 is 10.2 Å². The molecule has 6 heteroatoms. The van der Waals surface area contributed by atoms with Crippen molar-refractivity contribution in [2.75, 3.05) is 0 Å². The second kappa shape index (κ2) is 3.73. The molecule has 0 aliphatic rings. The van der Waals surface area contributed by atoms with Crippen LogP contribution >= 0.6 is 45.2 Å². The van der Waals surface area contributed by atoms with Crippen molar-refractivity contribution in [2.45, 2.75) is 0 Å². The van der Waals surface area contributed by atoms with Crippen LogP contribution in [0.1, 0.15) is 10.5 Å². The Morgan fingerprint density at radius 3 is 2.50 bits per heavy atom. The van der Waals surface area contributed by atoms with Gasteiger partial charge >= 0.3 is 5.97 Å².